The Morgan fingerprint density at radius 1 is 1.22 bits per heavy atom. The molecule has 0 saturated heterocycles. The van der Waals surface area contributed by atoms with Gasteiger partial charge in [-0.1, -0.05) is 0 Å². The Bertz CT molecular complexity index is 843. The van der Waals surface area contributed by atoms with Crippen LogP contribution in [0.4, 0.5) is 5.95 Å². The first-order chi connectivity index (χ1) is 11.0. The maximum atomic E-state index is 12.3. The van der Waals surface area contributed by atoms with Crippen LogP contribution in [-0.2, 0) is 25.5 Å². The van der Waals surface area contributed by atoms with E-state index in [0.717, 1.165) is 7.11 Å². The Morgan fingerprint density at radius 3 is 2.61 bits per heavy atom. The number of hydrogen-bond acceptors (Lipinski definition) is 9. The molecule has 0 spiro atoms. The van der Waals surface area contributed by atoms with E-state index in [0.29, 0.717) is 24.1 Å². The Labute approximate surface area is 129 Å². The zero-order chi connectivity index (χ0) is 16.7. The van der Waals surface area contributed by atoms with Gasteiger partial charge in [-0.2, -0.15) is 0 Å². The molecule has 2 aromatic heterocycles. The summed E-state index contributed by atoms with van der Waals surface area (Å²) in [5.41, 5.74) is 6.71. The Balaban J connectivity index is 2.27. The van der Waals surface area contributed by atoms with Crippen LogP contribution in [0.2, 0.25) is 0 Å². The van der Waals surface area contributed by atoms with Crippen molar-refractivity contribution in [3.63, 3.8) is 0 Å². The lowest BCUT2D eigenvalue weighted by atomic mass is 10.0. The largest absolute Gasteiger partial charge is 0.464 e. The van der Waals surface area contributed by atoms with Gasteiger partial charge in [-0.05, 0) is 12.8 Å². The second-order valence-electron chi connectivity index (χ2n) is 4.96. The van der Waals surface area contributed by atoms with E-state index in [1.165, 1.54) is 11.5 Å². The summed E-state index contributed by atoms with van der Waals surface area (Å²) >= 11 is 0. The van der Waals surface area contributed by atoms with Crippen molar-refractivity contribution in [2.75, 3.05) is 20.0 Å². The van der Waals surface area contributed by atoms with Gasteiger partial charge in [0.2, 0.25) is 11.7 Å². The number of carbonyl (C=O) groups is 3. The van der Waals surface area contributed by atoms with Gasteiger partial charge in [-0.25, -0.2) is 19.0 Å². The number of nitrogens with zero attached hydrogens (tertiary/aromatic N) is 4. The van der Waals surface area contributed by atoms with E-state index in [1.54, 1.807) is 0 Å². The molecular weight excluding hydrogens is 306 g/mol. The summed E-state index contributed by atoms with van der Waals surface area (Å²) in [7, 11) is 2.36. The number of fused-ring (bicyclic) bond motifs is 3. The summed E-state index contributed by atoms with van der Waals surface area (Å²) in [6.07, 6.45) is 0.694. The zero-order valence-corrected chi connectivity index (χ0v) is 12.4. The van der Waals surface area contributed by atoms with Crippen molar-refractivity contribution in [2.24, 2.45) is 0 Å². The predicted molar refractivity (Wildman–Crippen MR) is 74.6 cm³/mol. The quantitative estimate of drug-likeness (QED) is 0.572. The third-order valence-corrected chi connectivity index (χ3v) is 3.81. The van der Waals surface area contributed by atoms with E-state index < -0.39 is 23.6 Å². The normalized spacial score (nSPS) is 16.2. The molecule has 0 radical (unpaired) electrons. The van der Waals surface area contributed by atoms with Gasteiger partial charge in [0, 0.05) is 11.3 Å². The molecule has 1 atom stereocenters. The first-order valence-electron chi connectivity index (χ1n) is 6.73. The molecule has 0 amide bonds. The standard InChI is InChI=1S/C13H13N5O5/c1-22-10(20)7-5-3-4-6(9(19)11(21)23-2)8(5)18-12(14)16-17-13(18)15-7/h6H,3-4H2,1-2H3,(H2,14,16)/t6-/m0/s1. The van der Waals surface area contributed by atoms with Gasteiger partial charge >= 0.3 is 11.9 Å². The van der Waals surface area contributed by atoms with E-state index >= 15 is 0 Å². The smallest absolute Gasteiger partial charge is 0.375 e. The van der Waals surface area contributed by atoms with Crippen LogP contribution in [0.5, 0.6) is 0 Å². The highest BCUT2D eigenvalue weighted by Gasteiger charge is 2.39. The van der Waals surface area contributed by atoms with Crippen molar-refractivity contribution in [3.8, 4) is 0 Å². The molecule has 3 rings (SSSR count). The Hall–Kier alpha value is -3.04. The third kappa shape index (κ3) is 2.10. The SMILES string of the molecule is COC(=O)C(=O)[C@H]1CCc2c(C(=O)OC)nc3nnc(N)n3c21. The molecule has 2 aromatic rings. The molecule has 0 bridgehead atoms. The number of nitrogens with two attached hydrogens (primary N) is 1. The monoisotopic (exact) mass is 319 g/mol. The molecule has 0 fully saturated rings. The first-order valence-corrected chi connectivity index (χ1v) is 6.73. The molecule has 2 N–H and O–H groups in total. The number of aromatic nitrogens is 4. The zero-order valence-electron chi connectivity index (χ0n) is 12.4. The van der Waals surface area contributed by atoms with Gasteiger partial charge in [0.15, 0.2) is 5.69 Å². The summed E-state index contributed by atoms with van der Waals surface area (Å²) in [6, 6.07) is 0. The Kier molecular flexibility index (Phi) is 3.43. The number of anilines is 1. The number of esters is 2. The molecule has 2 heterocycles. The van der Waals surface area contributed by atoms with Crippen LogP contribution in [0, 0.1) is 0 Å². The highest BCUT2D eigenvalue weighted by Crippen LogP contribution is 2.36. The van der Waals surface area contributed by atoms with Crippen LogP contribution in [0.15, 0.2) is 0 Å². The van der Waals surface area contributed by atoms with Crippen LogP contribution >= 0.6 is 0 Å². The van der Waals surface area contributed by atoms with E-state index in [9.17, 15) is 14.4 Å². The van der Waals surface area contributed by atoms with Crippen molar-refractivity contribution in [2.45, 2.75) is 18.8 Å². The third-order valence-electron chi connectivity index (χ3n) is 3.81. The van der Waals surface area contributed by atoms with Gasteiger partial charge in [0.25, 0.3) is 5.78 Å². The molecule has 0 aliphatic heterocycles. The van der Waals surface area contributed by atoms with Crippen molar-refractivity contribution >= 4 is 29.4 Å². The maximum Gasteiger partial charge on any atom is 0.375 e. The highest BCUT2D eigenvalue weighted by molar-refractivity contribution is 6.36. The van der Waals surface area contributed by atoms with Crippen molar-refractivity contribution in [1.29, 1.82) is 0 Å². The number of methoxy groups -OCH3 is 2. The van der Waals surface area contributed by atoms with Crippen molar-refractivity contribution in [1.82, 2.24) is 19.6 Å². The molecule has 0 saturated carbocycles. The number of carbonyl (C=O) groups excluding carboxylic acids is 3. The summed E-state index contributed by atoms with van der Waals surface area (Å²) in [5, 5.41) is 7.48. The number of Topliss-reactive ketones (excluding diaryl/α,β-unsaturated/α-hetero) is 1. The van der Waals surface area contributed by atoms with Crippen molar-refractivity contribution < 1.29 is 23.9 Å². The molecule has 0 unspecified atom stereocenters. The minimum Gasteiger partial charge on any atom is -0.464 e. The fourth-order valence-corrected chi connectivity index (χ4v) is 2.82. The Morgan fingerprint density at radius 2 is 1.96 bits per heavy atom. The average molecular weight is 319 g/mol. The average Bonchev–Trinajstić information content (AvgIpc) is 3.15. The summed E-state index contributed by atoms with van der Waals surface area (Å²) < 4.78 is 10.6. The van der Waals surface area contributed by atoms with Gasteiger partial charge in [-0.3, -0.25) is 4.79 Å². The van der Waals surface area contributed by atoms with Crippen molar-refractivity contribution in [3.05, 3.63) is 17.0 Å². The van der Waals surface area contributed by atoms with Crippen LogP contribution in [0.3, 0.4) is 0 Å². The second kappa shape index (κ2) is 5.30. The minimum absolute atomic E-state index is 0.0183. The number of ether oxygens (including phenoxy) is 2. The van der Waals surface area contributed by atoms with Gasteiger partial charge < -0.3 is 15.2 Å². The molecular formula is C13H13N5O5. The number of hydrogen-bond donors (Lipinski definition) is 1. The molecule has 10 heteroatoms. The summed E-state index contributed by atoms with van der Waals surface area (Å²) in [6.45, 7) is 0. The van der Waals surface area contributed by atoms with E-state index in [2.05, 4.69) is 19.9 Å². The topological polar surface area (TPSA) is 139 Å². The van der Waals surface area contributed by atoms with E-state index in [4.69, 9.17) is 10.5 Å². The number of rotatable bonds is 3. The molecule has 23 heavy (non-hydrogen) atoms. The maximum absolute atomic E-state index is 12.3. The molecule has 1 aliphatic carbocycles. The minimum atomic E-state index is -0.959. The first kappa shape index (κ1) is 14.9. The van der Waals surface area contributed by atoms with Crippen LogP contribution < -0.4 is 5.73 Å². The molecule has 10 nitrogen and oxygen atoms in total. The van der Waals surface area contributed by atoms with E-state index in [1.807, 2.05) is 0 Å². The lowest BCUT2D eigenvalue weighted by molar-refractivity contribution is -0.152. The van der Waals surface area contributed by atoms with Crippen LogP contribution in [-0.4, -0.2) is 51.5 Å². The number of ketones is 1. The van der Waals surface area contributed by atoms with Gasteiger partial charge in [-0.15, -0.1) is 10.2 Å². The number of nitrogen functional groups attached to an aromatic ring is 1. The fourth-order valence-electron chi connectivity index (χ4n) is 2.82. The molecule has 0 aromatic carbocycles. The molecule has 120 valence electrons. The van der Waals surface area contributed by atoms with E-state index in [-0.39, 0.29) is 17.4 Å². The molecule has 1 aliphatic rings. The highest BCUT2D eigenvalue weighted by atomic mass is 16.5. The van der Waals surface area contributed by atoms with Gasteiger partial charge in [0.05, 0.1) is 20.1 Å². The summed E-state index contributed by atoms with van der Waals surface area (Å²) in [4.78, 5) is 39.9. The van der Waals surface area contributed by atoms with Crippen LogP contribution in [0.25, 0.3) is 5.78 Å². The van der Waals surface area contributed by atoms with Gasteiger partial charge in [0.1, 0.15) is 0 Å². The summed E-state index contributed by atoms with van der Waals surface area (Å²) in [5.74, 6) is -3.06. The van der Waals surface area contributed by atoms with Crippen LogP contribution in [0.1, 0.15) is 34.1 Å². The second-order valence-corrected chi connectivity index (χ2v) is 4.96. The predicted octanol–water partition coefficient (Wildman–Crippen LogP) is -0.735. The lowest BCUT2D eigenvalue weighted by Gasteiger charge is -2.13. The fraction of sp³-hybridized carbons (Fsp3) is 0.385. The lowest BCUT2D eigenvalue weighted by Crippen LogP contribution is -2.24.